The molecule has 0 radical (unpaired) electrons. The van der Waals surface area contributed by atoms with Crippen molar-refractivity contribution in [1.82, 2.24) is 5.32 Å². The number of carbonyl (C=O) groups is 1. The Balaban J connectivity index is 1.46. The molecule has 1 spiro atoms. The molecule has 1 N–H and O–H groups in total. The van der Waals surface area contributed by atoms with Crippen LogP contribution in [0.3, 0.4) is 0 Å². The summed E-state index contributed by atoms with van der Waals surface area (Å²) < 4.78 is 11.4. The first-order valence-electron chi connectivity index (χ1n) is 6.77. The van der Waals surface area contributed by atoms with Gasteiger partial charge in [0, 0.05) is 24.8 Å². The van der Waals surface area contributed by atoms with E-state index in [2.05, 4.69) is 12.2 Å². The van der Waals surface area contributed by atoms with E-state index in [0.717, 1.165) is 45.3 Å². The molecule has 4 heteroatoms. The Hall–Kier alpha value is -0.610. The Morgan fingerprint density at radius 2 is 1.82 bits per heavy atom. The van der Waals surface area contributed by atoms with Gasteiger partial charge in [-0.05, 0) is 25.2 Å². The fourth-order valence-electron chi connectivity index (χ4n) is 2.98. The molecular weight excluding hydrogens is 218 g/mol. The quantitative estimate of drug-likeness (QED) is 0.793. The maximum atomic E-state index is 11.8. The molecule has 0 aromatic heterocycles. The standard InChI is InChI=1S/C13H21NO3/c1-9-8-11(9)12(15)14-10-2-4-13(5-3-10)16-6-7-17-13/h9-11H,2-8H2,1H3,(H,14,15). The molecule has 96 valence electrons. The molecule has 0 aromatic rings. The molecule has 0 aromatic carbocycles. The lowest BCUT2D eigenvalue weighted by atomic mass is 9.90. The van der Waals surface area contributed by atoms with Gasteiger partial charge in [-0.1, -0.05) is 6.92 Å². The van der Waals surface area contributed by atoms with E-state index in [1.165, 1.54) is 0 Å². The van der Waals surface area contributed by atoms with Crippen LogP contribution in [0.25, 0.3) is 0 Å². The van der Waals surface area contributed by atoms with E-state index in [-0.39, 0.29) is 17.6 Å². The van der Waals surface area contributed by atoms with E-state index in [1.54, 1.807) is 0 Å². The molecule has 1 aliphatic heterocycles. The molecule has 1 saturated heterocycles. The highest BCUT2D eigenvalue weighted by molar-refractivity contribution is 5.81. The van der Waals surface area contributed by atoms with Gasteiger partial charge in [-0.25, -0.2) is 0 Å². The number of hydrogen-bond donors (Lipinski definition) is 1. The Kier molecular flexibility index (Phi) is 2.87. The second-order valence-electron chi connectivity index (χ2n) is 5.71. The smallest absolute Gasteiger partial charge is 0.223 e. The van der Waals surface area contributed by atoms with Gasteiger partial charge in [0.2, 0.25) is 5.91 Å². The lowest BCUT2D eigenvalue weighted by Gasteiger charge is -2.35. The molecule has 1 heterocycles. The molecule has 2 unspecified atom stereocenters. The zero-order chi connectivity index (χ0) is 11.9. The molecule has 2 aliphatic carbocycles. The molecule has 3 fully saturated rings. The minimum absolute atomic E-state index is 0.256. The molecule has 2 saturated carbocycles. The fourth-order valence-corrected chi connectivity index (χ4v) is 2.98. The molecule has 3 rings (SSSR count). The fraction of sp³-hybridized carbons (Fsp3) is 0.923. The second kappa shape index (κ2) is 4.25. The predicted molar refractivity (Wildman–Crippen MR) is 62.3 cm³/mol. The van der Waals surface area contributed by atoms with Crippen molar-refractivity contribution in [3.63, 3.8) is 0 Å². The van der Waals surface area contributed by atoms with Gasteiger partial charge in [0.05, 0.1) is 13.2 Å². The lowest BCUT2D eigenvalue weighted by Crippen LogP contribution is -2.44. The Morgan fingerprint density at radius 3 is 2.35 bits per heavy atom. The van der Waals surface area contributed by atoms with Gasteiger partial charge in [-0.15, -0.1) is 0 Å². The van der Waals surface area contributed by atoms with Crippen LogP contribution in [0.1, 0.15) is 39.0 Å². The van der Waals surface area contributed by atoms with Gasteiger partial charge in [0.15, 0.2) is 5.79 Å². The van der Waals surface area contributed by atoms with Gasteiger partial charge < -0.3 is 14.8 Å². The largest absolute Gasteiger partial charge is 0.353 e. The van der Waals surface area contributed by atoms with Gasteiger partial charge in [0.25, 0.3) is 0 Å². The topological polar surface area (TPSA) is 47.6 Å². The first kappa shape index (κ1) is 11.5. The first-order chi connectivity index (χ1) is 8.19. The van der Waals surface area contributed by atoms with Crippen molar-refractivity contribution >= 4 is 5.91 Å². The maximum Gasteiger partial charge on any atom is 0.223 e. The third-order valence-electron chi connectivity index (χ3n) is 4.35. The number of carbonyl (C=O) groups excluding carboxylic acids is 1. The number of nitrogens with one attached hydrogen (secondary N) is 1. The minimum Gasteiger partial charge on any atom is -0.353 e. The predicted octanol–water partition coefficient (Wildman–Crippen LogP) is 1.44. The zero-order valence-electron chi connectivity index (χ0n) is 10.4. The van der Waals surface area contributed by atoms with Crippen molar-refractivity contribution in [2.24, 2.45) is 11.8 Å². The SMILES string of the molecule is CC1CC1C(=O)NC1CCC2(CC1)OCCO2. The van der Waals surface area contributed by atoms with Crippen molar-refractivity contribution in [2.45, 2.75) is 50.9 Å². The van der Waals surface area contributed by atoms with Crippen LogP contribution in [0.15, 0.2) is 0 Å². The summed E-state index contributed by atoms with van der Waals surface area (Å²) >= 11 is 0. The molecular formula is C13H21NO3. The highest BCUT2D eigenvalue weighted by Gasteiger charge is 2.43. The van der Waals surface area contributed by atoms with E-state index < -0.39 is 0 Å². The van der Waals surface area contributed by atoms with Crippen LogP contribution < -0.4 is 5.32 Å². The molecule has 2 atom stereocenters. The zero-order valence-corrected chi connectivity index (χ0v) is 10.4. The minimum atomic E-state index is -0.311. The van der Waals surface area contributed by atoms with E-state index in [0.29, 0.717) is 12.0 Å². The summed E-state index contributed by atoms with van der Waals surface area (Å²) in [5, 5.41) is 3.17. The molecule has 1 amide bonds. The van der Waals surface area contributed by atoms with E-state index in [4.69, 9.17) is 9.47 Å². The van der Waals surface area contributed by atoms with Crippen molar-refractivity contribution in [3.8, 4) is 0 Å². The maximum absolute atomic E-state index is 11.8. The highest BCUT2D eigenvalue weighted by atomic mass is 16.7. The van der Waals surface area contributed by atoms with Gasteiger partial charge in [-0.2, -0.15) is 0 Å². The van der Waals surface area contributed by atoms with E-state index >= 15 is 0 Å². The van der Waals surface area contributed by atoms with E-state index in [1.807, 2.05) is 0 Å². The average Bonchev–Trinajstić information content (AvgIpc) is 2.89. The van der Waals surface area contributed by atoms with Crippen molar-refractivity contribution < 1.29 is 14.3 Å². The Morgan fingerprint density at radius 1 is 1.24 bits per heavy atom. The van der Waals surface area contributed by atoms with Gasteiger partial charge in [-0.3, -0.25) is 4.79 Å². The first-order valence-corrected chi connectivity index (χ1v) is 6.77. The third kappa shape index (κ3) is 2.33. The lowest BCUT2D eigenvalue weighted by molar-refractivity contribution is -0.180. The highest BCUT2D eigenvalue weighted by Crippen LogP contribution is 2.39. The number of rotatable bonds is 2. The summed E-state index contributed by atoms with van der Waals surface area (Å²) in [5.41, 5.74) is 0. The van der Waals surface area contributed by atoms with Crippen LogP contribution in [0, 0.1) is 11.8 Å². The summed E-state index contributed by atoms with van der Waals surface area (Å²) in [4.78, 5) is 11.8. The number of ether oxygens (including phenoxy) is 2. The molecule has 3 aliphatic rings. The van der Waals surface area contributed by atoms with Crippen LogP contribution in [0.5, 0.6) is 0 Å². The van der Waals surface area contributed by atoms with Crippen LogP contribution in [0.4, 0.5) is 0 Å². The summed E-state index contributed by atoms with van der Waals surface area (Å²) in [7, 11) is 0. The summed E-state index contributed by atoms with van der Waals surface area (Å²) in [6, 6.07) is 0.328. The molecule has 17 heavy (non-hydrogen) atoms. The summed E-state index contributed by atoms with van der Waals surface area (Å²) in [6.07, 6.45) is 4.85. The number of hydrogen-bond acceptors (Lipinski definition) is 3. The van der Waals surface area contributed by atoms with Crippen LogP contribution >= 0.6 is 0 Å². The Labute approximate surface area is 102 Å². The monoisotopic (exact) mass is 239 g/mol. The second-order valence-corrected chi connectivity index (χ2v) is 5.71. The van der Waals surface area contributed by atoms with Crippen molar-refractivity contribution in [1.29, 1.82) is 0 Å². The third-order valence-corrected chi connectivity index (χ3v) is 4.35. The normalized spacial score (nSPS) is 36.1. The van der Waals surface area contributed by atoms with Gasteiger partial charge in [0.1, 0.15) is 0 Å². The number of amides is 1. The molecule has 0 bridgehead atoms. The Bertz CT molecular complexity index is 302. The average molecular weight is 239 g/mol. The van der Waals surface area contributed by atoms with Crippen molar-refractivity contribution in [3.05, 3.63) is 0 Å². The summed E-state index contributed by atoms with van der Waals surface area (Å²) in [6.45, 7) is 3.58. The van der Waals surface area contributed by atoms with Crippen molar-refractivity contribution in [2.75, 3.05) is 13.2 Å². The van der Waals surface area contributed by atoms with E-state index in [9.17, 15) is 4.79 Å². The van der Waals surface area contributed by atoms with Crippen LogP contribution in [-0.2, 0) is 14.3 Å². The van der Waals surface area contributed by atoms with Crippen LogP contribution in [-0.4, -0.2) is 30.9 Å². The van der Waals surface area contributed by atoms with Crippen LogP contribution in [0.2, 0.25) is 0 Å². The molecule has 4 nitrogen and oxygen atoms in total. The summed E-state index contributed by atoms with van der Waals surface area (Å²) in [5.74, 6) is 0.816. The van der Waals surface area contributed by atoms with Gasteiger partial charge >= 0.3 is 0 Å².